The Bertz CT molecular complexity index is 278. The first-order valence-electron chi connectivity index (χ1n) is 6.93. The molecule has 0 aromatic heterocycles. The van der Waals surface area contributed by atoms with E-state index in [1.807, 2.05) is 25.7 Å². The molecule has 1 aliphatic carbocycles. The summed E-state index contributed by atoms with van der Waals surface area (Å²) in [7, 11) is 0. The first-order valence-corrected chi connectivity index (χ1v) is 6.93. The van der Waals surface area contributed by atoms with Gasteiger partial charge in [-0.2, -0.15) is 0 Å². The van der Waals surface area contributed by atoms with E-state index in [4.69, 9.17) is 4.74 Å². The normalized spacial score (nSPS) is 26.5. The molecule has 1 amide bonds. The van der Waals surface area contributed by atoms with Crippen LogP contribution in [0.25, 0.3) is 0 Å². The van der Waals surface area contributed by atoms with Crippen LogP contribution in [0, 0.1) is 11.8 Å². The number of likely N-dealkylation sites (tertiary alicyclic amines) is 1. The van der Waals surface area contributed by atoms with Crippen LogP contribution in [0.4, 0.5) is 4.79 Å². The van der Waals surface area contributed by atoms with Crippen molar-refractivity contribution in [2.24, 2.45) is 11.8 Å². The van der Waals surface area contributed by atoms with E-state index in [1.54, 1.807) is 0 Å². The van der Waals surface area contributed by atoms with Gasteiger partial charge in [0.05, 0.1) is 0 Å². The summed E-state index contributed by atoms with van der Waals surface area (Å²) >= 11 is 0. The fourth-order valence-electron chi connectivity index (χ4n) is 2.62. The Labute approximate surface area is 105 Å². The van der Waals surface area contributed by atoms with E-state index in [2.05, 4.69) is 0 Å². The second-order valence-electron chi connectivity index (χ2n) is 6.52. The average molecular weight is 239 g/mol. The van der Waals surface area contributed by atoms with Crippen molar-refractivity contribution in [1.82, 2.24) is 4.90 Å². The molecule has 3 nitrogen and oxygen atoms in total. The predicted molar refractivity (Wildman–Crippen MR) is 67.9 cm³/mol. The number of amides is 1. The summed E-state index contributed by atoms with van der Waals surface area (Å²) in [6.07, 6.45) is 6.30. The van der Waals surface area contributed by atoms with E-state index < -0.39 is 0 Å². The van der Waals surface area contributed by atoms with Gasteiger partial charge >= 0.3 is 6.09 Å². The molecular formula is C14H25NO2. The monoisotopic (exact) mass is 239 g/mol. The van der Waals surface area contributed by atoms with Crippen molar-refractivity contribution in [1.29, 1.82) is 0 Å². The van der Waals surface area contributed by atoms with Crippen LogP contribution in [0.3, 0.4) is 0 Å². The van der Waals surface area contributed by atoms with Gasteiger partial charge in [-0.3, -0.25) is 0 Å². The van der Waals surface area contributed by atoms with Gasteiger partial charge < -0.3 is 9.64 Å². The van der Waals surface area contributed by atoms with E-state index in [0.29, 0.717) is 0 Å². The van der Waals surface area contributed by atoms with Gasteiger partial charge in [-0.25, -0.2) is 4.79 Å². The Balaban J connectivity index is 1.91. The maximum Gasteiger partial charge on any atom is 0.410 e. The molecule has 17 heavy (non-hydrogen) atoms. The maximum absolute atomic E-state index is 12.1. The van der Waals surface area contributed by atoms with Crippen LogP contribution < -0.4 is 0 Å². The minimum absolute atomic E-state index is 0.120. The lowest BCUT2D eigenvalue weighted by Crippen LogP contribution is -2.39. The van der Waals surface area contributed by atoms with Crippen molar-refractivity contribution in [3.63, 3.8) is 0 Å². The van der Waals surface area contributed by atoms with E-state index in [9.17, 15) is 4.79 Å². The van der Waals surface area contributed by atoms with Gasteiger partial charge in [0.25, 0.3) is 0 Å². The molecule has 1 heterocycles. The summed E-state index contributed by atoms with van der Waals surface area (Å²) in [6.45, 7) is 7.58. The lowest BCUT2D eigenvalue weighted by atomic mass is 9.98. The minimum atomic E-state index is -0.377. The fraction of sp³-hybridized carbons (Fsp3) is 0.929. The highest BCUT2D eigenvalue weighted by atomic mass is 16.6. The SMILES string of the molecule is CC(C)(C)OC(=O)N1CCCC[C@H](C2CC2)C1. The molecule has 0 aromatic rings. The Morgan fingerprint density at radius 3 is 2.41 bits per heavy atom. The third-order valence-electron chi connectivity index (χ3n) is 3.65. The molecular weight excluding hydrogens is 214 g/mol. The predicted octanol–water partition coefficient (Wildman–Crippen LogP) is 3.43. The fourth-order valence-corrected chi connectivity index (χ4v) is 2.62. The Morgan fingerprint density at radius 1 is 1.12 bits per heavy atom. The molecule has 1 aliphatic heterocycles. The largest absolute Gasteiger partial charge is 0.444 e. The summed E-state index contributed by atoms with van der Waals surface area (Å²) < 4.78 is 5.47. The van der Waals surface area contributed by atoms with Crippen molar-refractivity contribution in [3.05, 3.63) is 0 Å². The van der Waals surface area contributed by atoms with Crippen molar-refractivity contribution < 1.29 is 9.53 Å². The van der Waals surface area contributed by atoms with E-state index >= 15 is 0 Å². The molecule has 0 spiro atoms. The topological polar surface area (TPSA) is 29.5 Å². The van der Waals surface area contributed by atoms with E-state index in [0.717, 1.165) is 31.3 Å². The summed E-state index contributed by atoms with van der Waals surface area (Å²) in [5.41, 5.74) is -0.377. The molecule has 2 rings (SSSR count). The summed E-state index contributed by atoms with van der Waals surface area (Å²) in [6, 6.07) is 0. The molecule has 1 saturated carbocycles. The zero-order chi connectivity index (χ0) is 12.5. The van der Waals surface area contributed by atoms with Crippen molar-refractivity contribution in [2.75, 3.05) is 13.1 Å². The van der Waals surface area contributed by atoms with Gasteiger partial charge in [0, 0.05) is 13.1 Å². The lowest BCUT2D eigenvalue weighted by Gasteiger charge is -2.28. The molecule has 98 valence electrons. The number of nitrogens with zero attached hydrogens (tertiary/aromatic N) is 1. The molecule has 1 atom stereocenters. The van der Waals surface area contributed by atoms with Crippen LogP contribution in [0.1, 0.15) is 52.9 Å². The average Bonchev–Trinajstić information content (AvgIpc) is 3.02. The number of carbonyl (C=O) groups excluding carboxylic acids is 1. The molecule has 0 radical (unpaired) electrons. The molecule has 0 N–H and O–H groups in total. The first kappa shape index (κ1) is 12.7. The zero-order valence-electron chi connectivity index (χ0n) is 11.4. The summed E-state index contributed by atoms with van der Waals surface area (Å²) in [5.74, 6) is 1.61. The third-order valence-corrected chi connectivity index (χ3v) is 3.65. The Kier molecular flexibility index (Phi) is 3.64. The van der Waals surface area contributed by atoms with E-state index in [-0.39, 0.29) is 11.7 Å². The Morgan fingerprint density at radius 2 is 1.82 bits per heavy atom. The number of hydrogen-bond acceptors (Lipinski definition) is 2. The van der Waals surface area contributed by atoms with Gasteiger partial charge in [-0.05, 0) is 58.3 Å². The van der Waals surface area contributed by atoms with Gasteiger partial charge in [0.2, 0.25) is 0 Å². The van der Waals surface area contributed by atoms with Crippen LogP contribution in [0.5, 0.6) is 0 Å². The smallest absolute Gasteiger partial charge is 0.410 e. The van der Waals surface area contributed by atoms with Crippen LogP contribution in [-0.4, -0.2) is 29.7 Å². The second kappa shape index (κ2) is 4.87. The third kappa shape index (κ3) is 3.90. The molecule has 3 heteroatoms. The van der Waals surface area contributed by atoms with Gasteiger partial charge in [0.1, 0.15) is 5.60 Å². The standard InChI is InChI=1S/C14H25NO2/c1-14(2,3)17-13(16)15-9-5-4-6-12(10-15)11-7-8-11/h11-12H,4-10H2,1-3H3/t12-/m0/s1. The highest BCUT2D eigenvalue weighted by molar-refractivity contribution is 5.68. The van der Waals surface area contributed by atoms with Crippen LogP contribution in [-0.2, 0) is 4.74 Å². The van der Waals surface area contributed by atoms with Crippen molar-refractivity contribution in [3.8, 4) is 0 Å². The summed E-state index contributed by atoms with van der Waals surface area (Å²) in [5, 5.41) is 0. The molecule has 2 fully saturated rings. The zero-order valence-corrected chi connectivity index (χ0v) is 11.4. The van der Waals surface area contributed by atoms with Crippen molar-refractivity contribution in [2.45, 2.75) is 58.5 Å². The molecule has 0 aromatic carbocycles. The van der Waals surface area contributed by atoms with Crippen LogP contribution in [0.15, 0.2) is 0 Å². The van der Waals surface area contributed by atoms with Crippen LogP contribution >= 0.6 is 0 Å². The summed E-state index contributed by atoms with van der Waals surface area (Å²) in [4.78, 5) is 14.0. The molecule has 0 bridgehead atoms. The Hall–Kier alpha value is -0.730. The van der Waals surface area contributed by atoms with Crippen LogP contribution in [0.2, 0.25) is 0 Å². The van der Waals surface area contributed by atoms with Gasteiger partial charge in [-0.1, -0.05) is 6.42 Å². The number of rotatable bonds is 1. The quantitative estimate of drug-likeness (QED) is 0.701. The second-order valence-corrected chi connectivity index (χ2v) is 6.52. The first-order chi connectivity index (χ1) is 7.96. The lowest BCUT2D eigenvalue weighted by molar-refractivity contribution is 0.0229. The van der Waals surface area contributed by atoms with Crippen molar-refractivity contribution >= 4 is 6.09 Å². The maximum atomic E-state index is 12.1. The van der Waals surface area contributed by atoms with E-state index in [1.165, 1.54) is 25.7 Å². The minimum Gasteiger partial charge on any atom is -0.444 e. The van der Waals surface area contributed by atoms with Gasteiger partial charge in [0.15, 0.2) is 0 Å². The number of hydrogen-bond donors (Lipinski definition) is 0. The van der Waals surface area contributed by atoms with Gasteiger partial charge in [-0.15, -0.1) is 0 Å². The number of ether oxygens (including phenoxy) is 1. The molecule has 0 unspecified atom stereocenters. The highest BCUT2D eigenvalue weighted by Crippen LogP contribution is 2.40. The molecule has 1 saturated heterocycles. The number of carbonyl (C=O) groups is 1. The molecule has 2 aliphatic rings. The highest BCUT2D eigenvalue weighted by Gasteiger charge is 2.35.